The maximum atomic E-state index is 11.8. The molecule has 0 spiro atoms. The lowest BCUT2D eigenvalue weighted by atomic mass is 10.2. The monoisotopic (exact) mass is 270 g/mol. The molecule has 0 bridgehead atoms. The summed E-state index contributed by atoms with van der Waals surface area (Å²) in [4.78, 5) is 16.5. The molecular formula is C14H30N4O. The number of nitrogens with two attached hydrogens (primary N) is 1. The molecule has 0 aromatic carbocycles. The SMILES string of the molecule is CC(C)CNC(=O)CN1CCCN(CCCN)CC1. The van der Waals surface area contributed by atoms with Gasteiger partial charge in [-0.25, -0.2) is 0 Å². The highest BCUT2D eigenvalue weighted by atomic mass is 16.2. The highest BCUT2D eigenvalue weighted by Gasteiger charge is 2.16. The third kappa shape index (κ3) is 7.50. The number of hydrogen-bond donors (Lipinski definition) is 2. The molecule has 0 atom stereocenters. The Balaban J connectivity index is 2.22. The Kier molecular flexibility index (Phi) is 8.02. The summed E-state index contributed by atoms with van der Waals surface area (Å²) in [7, 11) is 0. The lowest BCUT2D eigenvalue weighted by Gasteiger charge is -2.21. The van der Waals surface area contributed by atoms with E-state index in [0.717, 1.165) is 58.7 Å². The van der Waals surface area contributed by atoms with Crippen LogP contribution in [0.3, 0.4) is 0 Å². The third-order valence-corrected chi connectivity index (χ3v) is 3.43. The largest absolute Gasteiger partial charge is 0.355 e. The van der Waals surface area contributed by atoms with Crippen LogP contribution < -0.4 is 11.1 Å². The Hall–Kier alpha value is -0.650. The van der Waals surface area contributed by atoms with E-state index in [1.807, 2.05) is 0 Å². The van der Waals surface area contributed by atoms with Crippen molar-refractivity contribution in [3.63, 3.8) is 0 Å². The van der Waals surface area contributed by atoms with Gasteiger partial charge in [0.2, 0.25) is 5.91 Å². The van der Waals surface area contributed by atoms with Crippen molar-refractivity contribution in [1.82, 2.24) is 15.1 Å². The lowest BCUT2D eigenvalue weighted by Crippen LogP contribution is -2.40. The summed E-state index contributed by atoms with van der Waals surface area (Å²) in [5.74, 6) is 0.670. The first-order chi connectivity index (χ1) is 9.11. The minimum atomic E-state index is 0.157. The van der Waals surface area contributed by atoms with Crippen LogP contribution in [0.2, 0.25) is 0 Å². The van der Waals surface area contributed by atoms with E-state index in [4.69, 9.17) is 5.73 Å². The Morgan fingerprint density at radius 3 is 2.58 bits per heavy atom. The Morgan fingerprint density at radius 1 is 1.21 bits per heavy atom. The maximum Gasteiger partial charge on any atom is 0.234 e. The van der Waals surface area contributed by atoms with Gasteiger partial charge in [-0.05, 0) is 44.9 Å². The molecule has 112 valence electrons. The van der Waals surface area contributed by atoms with Crippen LogP contribution in [0.4, 0.5) is 0 Å². The predicted molar refractivity (Wildman–Crippen MR) is 79.0 cm³/mol. The number of amides is 1. The van der Waals surface area contributed by atoms with E-state index in [1.54, 1.807) is 0 Å². The molecule has 1 aliphatic heterocycles. The van der Waals surface area contributed by atoms with Gasteiger partial charge in [0.15, 0.2) is 0 Å². The van der Waals surface area contributed by atoms with Crippen molar-refractivity contribution in [1.29, 1.82) is 0 Å². The molecule has 0 saturated carbocycles. The third-order valence-electron chi connectivity index (χ3n) is 3.43. The van der Waals surface area contributed by atoms with Gasteiger partial charge in [0.05, 0.1) is 6.54 Å². The fraction of sp³-hybridized carbons (Fsp3) is 0.929. The van der Waals surface area contributed by atoms with Gasteiger partial charge in [-0.15, -0.1) is 0 Å². The zero-order valence-electron chi connectivity index (χ0n) is 12.5. The Morgan fingerprint density at radius 2 is 1.89 bits per heavy atom. The van der Waals surface area contributed by atoms with E-state index in [0.29, 0.717) is 12.5 Å². The van der Waals surface area contributed by atoms with E-state index in [-0.39, 0.29) is 5.91 Å². The maximum absolute atomic E-state index is 11.8. The quantitative estimate of drug-likeness (QED) is 0.689. The molecule has 1 heterocycles. The predicted octanol–water partition coefficient (Wildman–Crippen LogP) is 0.115. The fourth-order valence-corrected chi connectivity index (χ4v) is 2.30. The van der Waals surface area contributed by atoms with Crippen LogP contribution in [0, 0.1) is 5.92 Å². The van der Waals surface area contributed by atoms with Crippen LogP contribution in [0.15, 0.2) is 0 Å². The first-order valence-electron chi connectivity index (χ1n) is 7.53. The Labute approximate surface area is 117 Å². The van der Waals surface area contributed by atoms with Crippen LogP contribution >= 0.6 is 0 Å². The van der Waals surface area contributed by atoms with Gasteiger partial charge >= 0.3 is 0 Å². The van der Waals surface area contributed by atoms with Gasteiger partial charge in [-0.1, -0.05) is 13.8 Å². The van der Waals surface area contributed by atoms with Crippen LogP contribution in [0.1, 0.15) is 26.7 Å². The number of carbonyl (C=O) groups excluding carboxylic acids is 1. The van der Waals surface area contributed by atoms with Crippen molar-refractivity contribution in [2.45, 2.75) is 26.7 Å². The first kappa shape index (κ1) is 16.4. The summed E-state index contributed by atoms with van der Waals surface area (Å²) in [5.41, 5.74) is 5.55. The summed E-state index contributed by atoms with van der Waals surface area (Å²) in [6.45, 7) is 11.6. The molecule has 0 aromatic rings. The summed E-state index contributed by atoms with van der Waals surface area (Å²) in [6.07, 6.45) is 2.21. The van der Waals surface area contributed by atoms with Crippen molar-refractivity contribution in [2.75, 3.05) is 52.4 Å². The average Bonchev–Trinajstić information content (AvgIpc) is 2.59. The van der Waals surface area contributed by atoms with E-state index in [2.05, 4.69) is 29.0 Å². The topological polar surface area (TPSA) is 61.6 Å². The van der Waals surface area contributed by atoms with Gasteiger partial charge in [0.25, 0.3) is 0 Å². The standard InChI is InChI=1S/C14H30N4O/c1-13(2)11-16-14(19)12-18-8-4-7-17(9-10-18)6-3-5-15/h13H,3-12,15H2,1-2H3,(H,16,19). The van der Waals surface area contributed by atoms with Gasteiger partial charge in [0, 0.05) is 19.6 Å². The second-order valence-electron chi connectivity index (χ2n) is 5.81. The van der Waals surface area contributed by atoms with Crippen molar-refractivity contribution in [3.8, 4) is 0 Å². The zero-order valence-corrected chi connectivity index (χ0v) is 12.5. The molecule has 1 aliphatic rings. The zero-order chi connectivity index (χ0) is 14.1. The number of nitrogens with zero attached hydrogens (tertiary/aromatic N) is 2. The van der Waals surface area contributed by atoms with Gasteiger partial charge in [0.1, 0.15) is 0 Å². The van der Waals surface area contributed by atoms with Crippen molar-refractivity contribution in [3.05, 3.63) is 0 Å². The second-order valence-corrected chi connectivity index (χ2v) is 5.81. The molecule has 1 saturated heterocycles. The fourth-order valence-electron chi connectivity index (χ4n) is 2.30. The molecule has 19 heavy (non-hydrogen) atoms. The van der Waals surface area contributed by atoms with Crippen LogP contribution in [-0.4, -0.2) is 68.1 Å². The summed E-state index contributed by atoms with van der Waals surface area (Å²) in [6, 6.07) is 0. The van der Waals surface area contributed by atoms with E-state index < -0.39 is 0 Å². The van der Waals surface area contributed by atoms with Gasteiger partial charge in [-0.3, -0.25) is 9.69 Å². The lowest BCUT2D eigenvalue weighted by molar-refractivity contribution is -0.122. The number of carbonyl (C=O) groups is 1. The van der Waals surface area contributed by atoms with Crippen LogP contribution in [-0.2, 0) is 4.79 Å². The highest BCUT2D eigenvalue weighted by molar-refractivity contribution is 5.77. The van der Waals surface area contributed by atoms with Gasteiger partial charge < -0.3 is 16.0 Å². The molecule has 5 nitrogen and oxygen atoms in total. The van der Waals surface area contributed by atoms with E-state index in [9.17, 15) is 4.79 Å². The number of nitrogens with one attached hydrogen (secondary N) is 1. The molecule has 1 rings (SSSR count). The van der Waals surface area contributed by atoms with E-state index >= 15 is 0 Å². The van der Waals surface area contributed by atoms with Crippen molar-refractivity contribution < 1.29 is 4.79 Å². The molecule has 0 aromatic heterocycles. The average molecular weight is 270 g/mol. The smallest absolute Gasteiger partial charge is 0.234 e. The van der Waals surface area contributed by atoms with Gasteiger partial charge in [-0.2, -0.15) is 0 Å². The summed E-state index contributed by atoms with van der Waals surface area (Å²) >= 11 is 0. The molecule has 0 radical (unpaired) electrons. The first-order valence-corrected chi connectivity index (χ1v) is 7.53. The van der Waals surface area contributed by atoms with Crippen LogP contribution in [0.25, 0.3) is 0 Å². The minimum absolute atomic E-state index is 0.157. The number of hydrogen-bond acceptors (Lipinski definition) is 4. The summed E-state index contributed by atoms with van der Waals surface area (Å²) < 4.78 is 0. The molecule has 0 aliphatic carbocycles. The van der Waals surface area contributed by atoms with E-state index in [1.165, 1.54) is 0 Å². The normalized spacial score (nSPS) is 18.5. The number of rotatable bonds is 7. The molecule has 1 amide bonds. The molecule has 3 N–H and O–H groups in total. The molecule has 5 heteroatoms. The van der Waals surface area contributed by atoms with Crippen LogP contribution in [0.5, 0.6) is 0 Å². The molecular weight excluding hydrogens is 240 g/mol. The van der Waals surface area contributed by atoms with Crippen molar-refractivity contribution in [2.24, 2.45) is 11.7 Å². The summed E-state index contributed by atoms with van der Waals surface area (Å²) in [5, 5.41) is 2.98. The highest BCUT2D eigenvalue weighted by Crippen LogP contribution is 2.03. The minimum Gasteiger partial charge on any atom is -0.355 e. The second kappa shape index (κ2) is 9.28. The molecule has 0 unspecified atom stereocenters. The Bertz CT molecular complexity index is 258. The van der Waals surface area contributed by atoms with Crippen molar-refractivity contribution >= 4 is 5.91 Å². The molecule has 1 fully saturated rings.